The summed E-state index contributed by atoms with van der Waals surface area (Å²) in [5.41, 5.74) is 1.26. The number of methoxy groups -OCH3 is 1. The van der Waals surface area contributed by atoms with Crippen LogP contribution in [0.5, 0.6) is 0 Å². The van der Waals surface area contributed by atoms with Gasteiger partial charge in [-0.1, -0.05) is 37.3 Å². The molecule has 1 heterocycles. The molecule has 15 heavy (non-hydrogen) atoms. The molecule has 0 amide bonds. The van der Waals surface area contributed by atoms with Crippen LogP contribution in [0, 0.1) is 5.92 Å². The molecule has 1 fully saturated rings. The van der Waals surface area contributed by atoms with Crippen LogP contribution in [0.25, 0.3) is 0 Å². The van der Waals surface area contributed by atoms with Crippen molar-refractivity contribution in [2.75, 3.05) is 7.11 Å². The van der Waals surface area contributed by atoms with Gasteiger partial charge in [-0.3, -0.25) is 0 Å². The fourth-order valence-electron chi connectivity index (χ4n) is 2.12. The van der Waals surface area contributed by atoms with Crippen molar-refractivity contribution in [1.82, 2.24) is 0 Å². The number of ether oxygens (including phenoxy) is 2. The zero-order chi connectivity index (χ0) is 10.7. The average molecular weight is 206 g/mol. The second kappa shape index (κ2) is 4.77. The van der Waals surface area contributed by atoms with Gasteiger partial charge >= 0.3 is 0 Å². The van der Waals surface area contributed by atoms with Crippen molar-refractivity contribution in [2.24, 2.45) is 5.92 Å². The molecule has 1 aliphatic heterocycles. The van der Waals surface area contributed by atoms with Gasteiger partial charge in [0.15, 0.2) is 6.29 Å². The van der Waals surface area contributed by atoms with Gasteiger partial charge in [0.05, 0.1) is 6.10 Å². The van der Waals surface area contributed by atoms with Gasteiger partial charge in [0, 0.05) is 13.0 Å². The normalized spacial score (nSPS) is 31.5. The molecular formula is C13H18O2. The van der Waals surface area contributed by atoms with E-state index < -0.39 is 0 Å². The van der Waals surface area contributed by atoms with Gasteiger partial charge in [0.2, 0.25) is 0 Å². The van der Waals surface area contributed by atoms with Gasteiger partial charge in [-0.05, 0) is 18.4 Å². The second-order valence-electron chi connectivity index (χ2n) is 4.19. The van der Waals surface area contributed by atoms with E-state index in [1.165, 1.54) is 5.56 Å². The van der Waals surface area contributed by atoms with Crippen molar-refractivity contribution >= 4 is 0 Å². The molecule has 2 rings (SSSR count). The van der Waals surface area contributed by atoms with E-state index in [2.05, 4.69) is 31.2 Å². The first-order chi connectivity index (χ1) is 7.31. The Balaban J connectivity index is 2.06. The highest BCUT2D eigenvalue weighted by molar-refractivity contribution is 5.17. The van der Waals surface area contributed by atoms with E-state index in [9.17, 15) is 0 Å². The van der Waals surface area contributed by atoms with Crippen LogP contribution in [0.15, 0.2) is 30.3 Å². The monoisotopic (exact) mass is 206 g/mol. The van der Waals surface area contributed by atoms with Gasteiger partial charge in [0.1, 0.15) is 0 Å². The lowest BCUT2D eigenvalue weighted by Crippen LogP contribution is -2.31. The smallest absolute Gasteiger partial charge is 0.160 e. The molecule has 0 aliphatic carbocycles. The average Bonchev–Trinajstić information content (AvgIpc) is 2.31. The molecule has 0 bridgehead atoms. The third-order valence-electron chi connectivity index (χ3n) is 3.05. The summed E-state index contributed by atoms with van der Waals surface area (Å²) >= 11 is 0. The first-order valence-electron chi connectivity index (χ1n) is 5.54. The Labute approximate surface area is 91.2 Å². The molecule has 0 aromatic heterocycles. The molecule has 1 aromatic rings. The Morgan fingerprint density at radius 3 is 2.60 bits per heavy atom. The quantitative estimate of drug-likeness (QED) is 0.740. The molecule has 0 spiro atoms. The summed E-state index contributed by atoms with van der Waals surface area (Å²) < 4.78 is 11.2. The zero-order valence-electron chi connectivity index (χ0n) is 9.35. The van der Waals surface area contributed by atoms with Crippen LogP contribution in [-0.4, -0.2) is 13.4 Å². The Hall–Kier alpha value is -0.860. The molecule has 0 radical (unpaired) electrons. The molecule has 1 saturated heterocycles. The molecule has 2 heteroatoms. The largest absolute Gasteiger partial charge is 0.356 e. The summed E-state index contributed by atoms with van der Waals surface area (Å²) in [5, 5.41) is 0. The summed E-state index contributed by atoms with van der Waals surface area (Å²) in [5.74, 6) is 0.495. The Bertz CT molecular complexity index is 297. The second-order valence-corrected chi connectivity index (χ2v) is 4.19. The fraction of sp³-hybridized carbons (Fsp3) is 0.538. The van der Waals surface area contributed by atoms with Crippen LogP contribution in [0.1, 0.15) is 31.4 Å². The van der Waals surface area contributed by atoms with Crippen LogP contribution in [0.4, 0.5) is 0 Å². The van der Waals surface area contributed by atoms with E-state index in [1.807, 2.05) is 6.07 Å². The van der Waals surface area contributed by atoms with Crippen molar-refractivity contribution in [1.29, 1.82) is 0 Å². The molecule has 0 saturated carbocycles. The van der Waals surface area contributed by atoms with Crippen LogP contribution in [0.3, 0.4) is 0 Å². The van der Waals surface area contributed by atoms with Gasteiger partial charge < -0.3 is 9.47 Å². The first kappa shape index (κ1) is 10.7. The van der Waals surface area contributed by atoms with Crippen molar-refractivity contribution in [2.45, 2.75) is 32.2 Å². The summed E-state index contributed by atoms with van der Waals surface area (Å²) in [7, 11) is 1.72. The number of hydrogen-bond acceptors (Lipinski definition) is 2. The lowest BCUT2D eigenvalue weighted by molar-refractivity contribution is -0.207. The van der Waals surface area contributed by atoms with Crippen LogP contribution >= 0.6 is 0 Å². The van der Waals surface area contributed by atoms with Crippen molar-refractivity contribution < 1.29 is 9.47 Å². The number of benzene rings is 1. The van der Waals surface area contributed by atoms with Gasteiger partial charge in [-0.15, -0.1) is 0 Å². The van der Waals surface area contributed by atoms with Crippen LogP contribution in [0.2, 0.25) is 0 Å². The zero-order valence-corrected chi connectivity index (χ0v) is 9.35. The van der Waals surface area contributed by atoms with Crippen molar-refractivity contribution in [3.63, 3.8) is 0 Å². The maximum atomic E-state index is 5.91. The first-order valence-corrected chi connectivity index (χ1v) is 5.54. The Kier molecular flexibility index (Phi) is 3.39. The Morgan fingerprint density at radius 2 is 1.93 bits per heavy atom. The molecule has 2 nitrogen and oxygen atoms in total. The van der Waals surface area contributed by atoms with Crippen molar-refractivity contribution in [3.05, 3.63) is 35.9 Å². The molecule has 0 unspecified atom stereocenters. The summed E-state index contributed by atoms with van der Waals surface area (Å²) in [4.78, 5) is 0. The van der Waals surface area contributed by atoms with E-state index in [0.717, 1.165) is 12.8 Å². The third kappa shape index (κ3) is 2.39. The Morgan fingerprint density at radius 1 is 1.20 bits per heavy atom. The summed E-state index contributed by atoms with van der Waals surface area (Å²) in [6, 6.07) is 10.4. The van der Waals surface area contributed by atoms with E-state index in [1.54, 1.807) is 7.11 Å². The molecule has 0 N–H and O–H groups in total. The standard InChI is InChI=1S/C13H18O2/c1-10-8-9-12(15-13(10)14-2)11-6-4-3-5-7-11/h3-7,10,12-13H,8-9H2,1-2H3/t10-,12-,13+/m1/s1. The van der Waals surface area contributed by atoms with E-state index in [0.29, 0.717) is 5.92 Å². The number of hydrogen-bond donors (Lipinski definition) is 0. The van der Waals surface area contributed by atoms with Crippen molar-refractivity contribution in [3.8, 4) is 0 Å². The number of rotatable bonds is 2. The fourth-order valence-corrected chi connectivity index (χ4v) is 2.12. The minimum absolute atomic E-state index is 0.0519. The molecule has 1 aliphatic rings. The third-order valence-corrected chi connectivity index (χ3v) is 3.05. The summed E-state index contributed by atoms with van der Waals surface area (Å²) in [6.45, 7) is 2.18. The van der Waals surface area contributed by atoms with Gasteiger partial charge in [-0.25, -0.2) is 0 Å². The lowest BCUT2D eigenvalue weighted by Gasteiger charge is -2.33. The molecular weight excluding hydrogens is 188 g/mol. The minimum Gasteiger partial charge on any atom is -0.356 e. The summed E-state index contributed by atoms with van der Waals surface area (Å²) in [6.07, 6.45) is 2.40. The topological polar surface area (TPSA) is 18.5 Å². The SMILES string of the molecule is CO[C@H]1O[C@@H](c2ccccc2)CC[C@H]1C. The van der Waals surface area contributed by atoms with Gasteiger partial charge in [-0.2, -0.15) is 0 Å². The van der Waals surface area contributed by atoms with Gasteiger partial charge in [0.25, 0.3) is 0 Å². The van der Waals surface area contributed by atoms with Crippen LogP contribution < -0.4 is 0 Å². The molecule has 82 valence electrons. The highest BCUT2D eigenvalue weighted by atomic mass is 16.7. The maximum Gasteiger partial charge on any atom is 0.160 e. The highest BCUT2D eigenvalue weighted by Gasteiger charge is 2.28. The lowest BCUT2D eigenvalue weighted by atomic mass is 9.95. The van der Waals surface area contributed by atoms with Crippen LogP contribution in [-0.2, 0) is 9.47 Å². The highest BCUT2D eigenvalue weighted by Crippen LogP contribution is 2.34. The molecule has 1 aromatic carbocycles. The molecule has 3 atom stereocenters. The minimum atomic E-state index is -0.0519. The predicted octanol–water partition coefficient (Wildman–Crippen LogP) is 3.15. The van der Waals surface area contributed by atoms with E-state index in [4.69, 9.17) is 9.47 Å². The van der Waals surface area contributed by atoms with E-state index in [-0.39, 0.29) is 12.4 Å². The van der Waals surface area contributed by atoms with E-state index >= 15 is 0 Å². The maximum absolute atomic E-state index is 5.91. The predicted molar refractivity (Wildman–Crippen MR) is 59.5 cm³/mol.